The van der Waals surface area contributed by atoms with Crippen molar-refractivity contribution in [3.8, 4) is 0 Å². The maximum Gasteiger partial charge on any atom is 0.314 e. The minimum Gasteiger partial charge on any atom is -0.481 e. The van der Waals surface area contributed by atoms with Crippen LogP contribution >= 0.6 is 0 Å². The molecule has 0 aromatic rings. The van der Waals surface area contributed by atoms with Crippen LogP contribution < -0.4 is 10.6 Å². The number of rotatable bonds is 8. The molecule has 0 aromatic heterocycles. The predicted molar refractivity (Wildman–Crippen MR) is 82.3 cm³/mol. The van der Waals surface area contributed by atoms with Gasteiger partial charge in [0.15, 0.2) is 0 Å². The first-order valence-corrected chi connectivity index (χ1v) is 7.86. The molecule has 0 radical (unpaired) electrons. The summed E-state index contributed by atoms with van der Waals surface area (Å²) in [5.74, 6) is -0.784. The van der Waals surface area contributed by atoms with Gasteiger partial charge in [0.2, 0.25) is 0 Å². The molecule has 1 rings (SSSR count). The van der Waals surface area contributed by atoms with Gasteiger partial charge in [0.05, 0.1) is 5.41 Å². The fraction of sp³-hybridized carbons (Fsp3) is 0.867. The van der Waals surface area contributed by atoms with Gasteiger partial charge in [-0.1, -0.05) is 19.3 Å². The Morgan fingerprint density at radius 1 is 1.10 bits per heavy atom. The fourth-order valence-electron chi connectivity index (χ4n) is 2.76. The Kier molecular flexibility index (Phi) is 7.50. The maximum absolute atomic E-state index is 11.7. The Balaban J connectivity index is 2.23. The van der Waals surface area contributed by atoms with Crippen molar-refractivity contribution in [1.82, 2.24) is 15.5 Å². The van der Waals surface area contributed by atoms with Crippen LogP contribution in [0.15, 0.2) is 0 Å². The van der Waals surface area contributed by atoms with Crippen molar-refractivity contribution in [3.63, 3.8) is 0 Å². The maximum atomic E-state index is 11.7. The molecule has 0 atom stereocenters. The molecule has 0 spiro atoms. The summed E-state index contributed by atoms with van der Waals surface area (Å²) in [5.41, 5.74) is -0.763. The monoisotopic (exact) mass is 299 g/mol. The molecular formula is C15H29N3O3. The summed E-state index contributed by atoms with van der Waals surface area (Å²) in [5, 5.41) is 14.9. The molecule has 0 bridgehead atoms. The van der Waals surface area contributed by atoms with E-state index in [-0.39, 0.29) is 12.6 Å². The Labute approximate surface area is 127 Å². The number of carbonyl (C=O) groups excluding carboxylic acids is 1. The van der Waals surface area contributed by atoms with Crippen LogP contribution in [0.25, 0.3) is 0 Å². The molecule has 6 nitrogen and oxygen atoms in total. The van der Waals surface area contributed by atoms with Gasteiger partial charge in [0.1, 0.15) is 0 Å². The zero-order valence-corrected chi connectivity index (χ0v) is 13.3. The molecule has 0 unspecified atom stereocenters. The first-order valence-electron chi connectivity index (χ1n) is 7.86. The lowest BCUT2D eigenvalue weighted by Gasteiger charge is -2.33. The second-order valence-electron chi connectivity index (χ2n) is 6.27. The average molecular weight is 299 g/mol. The Bertz CT molecular complexity index is 339. The molecule has 2 amide bonds. The minimum absolute atomic E-state index is 0.228. The van der Waals surface area contributed by atoms with Gasteiger partial charge in [-0.25, -0.2) is 4.79 Å². The lowest BCUT2D eigenvalue weighted by atomic mass is 9.74. The topological polar surface area (TPSA) is 81.7 Å². The normalized spacial score (nSPS) is 17.5. The van der Waals surface area contributed by atoms with Crippen LogP contribution in [0.4, 0.5) is 4.79 Å². The van der Waals surface area contributed by atoms with E-state index in [2.05, 4.69) is 15.5 Å². The van der Waals surface area contributed by atoms with Gasteiger partial charge in [0, 0.05) is 13.1 Å². The number of hydrogen-bond donors (Lipinski definition) is 3. The average Bonchev–Trinajstić information content (AvgIpc) is 2.45. The van der Waals surface area contributed by atoms with Crippen molar-refractivity contribution in [1.29, 1.82) is 0 Å². The van der Waals surface area contributed by atoms with Gasteiger partial charge in [0.25, 0.3) is 0 Å². The second-order valence-corrected chi connectivity index (χ2v) is 6.27. The van der Waals surface area contributed by atoms with E-state index in [4.69, 9.17) is 0 Å². The number of hydrogen-bond acceptors (Lipinski definition) is 3. The van der Waals surface area contributed by atoms with Crippen molar-refractivity contribution >= 4 is 12.0 Å². The summed E-state index contributed by atoms with van der Waals surface area (Å²) < 4.78 is 0. The standard InChI is InChI=1S/C15H29N3O3/c1-18(2)11-7-6-10-16-14(21)17-12-15(13(19)20)8-4-3-5-9-15/h3-12H2,1-2H3,(H,19,20)(H2,16,17,21). The summed E-state index contributed by atoms with van der Waals surface area (Å²) in [4.78, 5) is 25.3. The second kappa shape index (κ2) is 8.87. The van der Waals surface area contributed by atoms with E-state index in [1.54, 1.807) is 0 Å². The lowest BCUT2D eigenvalue weighted by Crippen LogP contribution is -2.47. The molecule has 0 aromatic carbocycles. The third-order valence-electron chi connectivity index (χ3n) is 4.17. The van der Waals surface area contributed by atoms with Gasteiger partial charge in [-0.2, -0.15) is 0 Å². The molecule has 1 aliphatic carbocycles. The highest BCUT2D eigenvalue weighted by molar-refractivity contribution is 5.78. The Hall–Kier alpha value is -1.30. The molecule has 1 saturated carbocycles. The number of aliphatic carboxylic acids is 1. The molecule has 6 heteroatoms. The molecule has 1 fully saturated rings. The largest absolute Gasteiger partial charge is 0.481 e. The van der Waals surface area contributed by atoms with Crippen LogP contribution in [0.5, 0.6) is 0 Å². The highest BCUT2D eigenvalue weighted by atomic mass is 16.4. The highest BCUT2D eigenvalue weighted by Gasteiger charge is 2.39. The summed E-state index contributed by atoms with van der Waals surface area (Å²) >= 11 is 0. The van der Waals surface area contributed by atoms with Crippen molar-refractivity contribution in [2.75, 3.05) is 33.7 Å². The first kappa shape index (κ1) is 17.8. The van der Waals surface area contributed by atoms with Gasteiger partial charge in [-0.3, -0.25) is 4.79 Å². The zero-order valence-electron chi connectivity index (χ0n) is 13.3. The number of carboxylic acids is 1. The van der Waals surface area contributed by atoms with E-state index in [0.717, 1.165) is 38.6 Å². The van der Waals surface area contributed by atoms with Crippen LogP contribution in [0.1, 0.15) is 44.9 Å². The van der Waals surface area contributed by atoms with E-state index in [1.807, 2.05) is 14.1 Å². The van der Waals surface area contributed by atoms with E-state index in [9.17, 15) is 14.7 Å². The smallest absolute Gasteiger partial charge is 0.314 e. The van der Waals surface area contributed by atoms with Gasteiger partial charge < -0.3 is 20.6 Å². The number of carbonyl (C=O) groups is 2. The zero-order chi connectivity index (χ0) is 15.7. The molecule has 0 saturated heterocycles. The SMILES string of the molecule is CN(C)CCCCNC(=O)NCC1(C(=O)O)CCCCC1. The number of unbranched alkanes of at least 4 members (excludes halogenated alkanes) is 1. The Morgan fingerprint density at radius 2 is 1.76 bits per heavy atom. The Morgan fingerprint density at radius 3 is 2.33 bits per heavy atom. The summed E-state index contributed by atoms with van der Waals surface area (Å²) in [6.45, 7) is 1.86. The van der Waals surface area contributed by atoms with E-state index < -0.39 is 11.4 Å². The molecule has 0 aliphatic heterocycles. The van der Waals surface area contributed by atoms with Crippen molar-refractivity contribution < 1.29 is 14.7 Å². The van der Waals surface area contributed by atoms with Crippen LogP contribution in [-0.2, 0) is 4.79 Å². The van der Waals surface area contributed by atoms with Crippen LogP contribution in [-0.4, -0.2) is 55.7 Å². The van der Waals surface area contributed by atoms with Crippen molar-refractivity contribution in [3.05, 3.63) is 0 Å². The van der Waals surface area contributed by atoms with E-state index in [1.165, 1.54) is 0 Å². The quantitative estimate of drug-likeness (QED) is 0.595. The van der Waals surface area contributed by atoms with Crippen LogP contribution in [0.2, 0.25) is 0 Å². The number of carboxylic acid groups (broad SMARTS) is 1. The van der Waals surface area contributed by atoms with Crippen molar-refractivity contribution in [2.45, 2.75) is 44.9 Å². The molecule has 3 N–H and O–H groups in total. The highest BCUT2D eigenvalue weighted by Crippen LogP contribution is 2.35. The summed E-state index contributed by atoms with van der Waals surface area (Å²) in [6, 6.07) is -0.258. The number of nitrogens with one attached hydrogen (secondary N) is 2. The molecule has 1 aliphatic rings. The van der Waals surface area contributed by atoms with Crippen molar-refractivity contribution in [2.24, 2.45) is 5.41 Å². The molecule has 122 valence electrons. The van der Waals surface area contributed by atoms with Gasteiger partial charge >= 0.3 is 12.0 Å². The molecular weight excluding hydrogens is 270 g/mol. The third kappa shape index (κ3) is 6.33. The first-order chi connectivity index (χ1) is 9.96. The van der Waals surface area contributed by atoms with E-state index in [0.29, 0.717) is 19.4 Å². The minimum atomic E-state index is -0.784. The molecule has 21 heavy (non-hydrogen) atoms. The number of amides is 2. The number of nitrogens with zero attached hydrogens (tertiary/aromatic N) is 1. The van der Waals surface area contributed by atoms with Crippen LogP contribution in [0, 0.1) is 5.41 Å². The van der Waals surface area contributed by atoms with Gasteiger partial charge in [-0.15, -0.1) is 0 Å². The number of urea groups is 1. The predicted octanol–water partition coefficient (Wildman–Crippen LogP) is 1.66. The van der Waals surface area contributed by atoms with E-state index >= 15 is 0 Å². The summed E-state index contributed by atoms with van der Waals surface area (Å²) in [7, 11) is 4.05. The third-order valence-corrected chi connectivity index (χ3v) is 4.17. The lowest BCUT2D eigenvalue weighted by molar-refractivity contribution is -0.150. The summed E-state index contributed by atoms with van der Waals surface area (Å²) in [6.07, 6.45) is 6.23. The van der Waals surface area contributed by atoms with Gasteiger partial charge in [-0.05, 0) is 46.3 Å². The fourth-order valence-corrected chi connectivity index (χ4v) is 2.76. The molecule has 0 heterocycles. The van der Waals surface area contributed by atoms with Crippen LogP contribution in [0.3, 0.4) is 0 Å².